The van der Waals surface area contributed by atoms with Gasteiger partial charge in [-0.25, -0.2) is 19.7 Å². The average Bonchev–Trinajstić information content (AvgIpc) is 4.12. The van der Waals surface area contributed by atoms with Crippen molar-refractivity contribution in [2.75, 3.05) is 21.3 Å². The summed E-state index contributed by atoms with van der Waals surface area (Å²) < 4.78 is 3.37. The van der Waals surface area contributed by atoms with Crippen LogP contribution in [0.15, 0.2) is 54.4 Å². The van der Waals surface area contributed by atoms with Crippen molar-refractivity contribution in [2.24, 2.45) is 0 Å². The molecule has 0 unspecified atom stereocenters. The summed E-state index contributed by atoms with van der Waals surface area (Å²) >= 11 is 12.6. The van der Waals surface area contributed by atoms with E-state index in [-0.39, 0.29) is 12.3 Å². The monoisotopic (exact) mass is 813 g/mol. The molecule has 2 amide bonds. The van der Waals surface area contributed by atoms with Crippen LogP contribution in [-0.2, 0) is 9.59 Å². The fourth-order valence-corrected chi connectivity index (χ4v) is 6.65. The van der Waals surface area contributed by atoms with Crippen molar-refractivity contribution in [1.82, 2.24) is 34.5 Å². The Balaban J connectivity index is 0.000000165. The molecule has 5 N–H and O–H groups in total. The van der Waals surface area contributed by atoms with E-state index in [0.717, 1.165) is 54.7 Å². The quantitative estimate of drug-likeness (QED) is 0.0388. The lowest BCUT2D eigenvalue weighted by molar-refractivity contribution is -0.124. The molecule has 0 radical (unpaired) electrons. The van der Waals surface area contributed by atoms with Gasteiger partial charge in [0.1, 0.15) is 23.3 Å². The fourth-order valence-electron chi connectivity index (χ4n) is 6.20. The Kier molecular flexibility index (Phi) is 10.1. The summed E-state index contributed by atoms with van der Waals surface area (Å²) in [5, 5.41) is 25.3. The minimum Gasteiger partial charge on any atom is -0.367 e. The molecule has 2 saturated carbocycles. The lowest BCUT2D eigenvalue weighted by Crippen LogP contribution is -2.19. The van der Waals surface area contributed by atoms with Crippen LogP contribution in [-0.4, -0.2) is 59.4 Å². The number of fused-ring (bicyclic) bond motifs is 2. The lowest BCUT2D eigenvalue weighted by atomic mass is 10.1. The molecule has 0 spiro atoms. The van der Waals surface area contributed by atoms with Crippen LogP contribution in [0.25, 0.3) is 27.1 Å². The van der Waals surface area contributed by atoms with Gasteiger partial charge in [-0.2, -0.15) is 19.2 Å². The van der Waals surface area contributed by atoms with E-state index in [9.17, 15) is 14.4 Å². The topological polar surface area (TPSA) is 180 Å². The Morgan fingerprint density at radius 3 is 1.67 bits per heavy atom. The number of rotatable bonds is 10. The van der Waals surface area contributed by atoms with Gasteiger partial charge in [0.25, 0.3) is 5.91 Å². The molecule has 16 nitrogen and oxygen atoms in total. The molecule has 1 saturated heterocycles. The molecule has 4 aromatic heterocycles. The van der Waals surface area contributed by atoms with Gasteiger partial charge < -0.3 is 21.3 Å². The first kappa shape index (κ1) is 37.9. The Hall–Kier alpha value is -7.01. The summed E-state index contributed by atoms with van der Waals surface area (Å²) in [6.07, 6.45) is 9.93. The first-order valence-electron chi connectivity index (χ1n) is 18.2. The number of aldehydes is 1. The number of carbonyl (C=O) groups excluding carboxylic acids is 3. The molecule has 290 valence electrons. The third-order valence-corrected chi connectivity index (χ3v) is 10.3. The van der Waals surface area contributed by atoms with E-state index in [0.29, 0.717) is 84.5 Å². The van der Waals surface area contributed by atoms with Gasteiger partial charge in [-0.05, 0) is 69.9 Å². The molecule has 2 aliphatic carbocycles. The van der Waals surface area contributed by atoms with Crippen molar-refractivity contribution in [3.63, 3.8) is 0 Å². The zero-order chi connectivity index (χ0) is 40.7. The van der Waals surface area contributed by atoms with Gasteiger partial charge in [0.15, 0.2) is 29.0 Å². The van der Waals surface area contributed by atoms with Crippen LogP contribution in [0.2, 0.25) is 10.0 Å². The first-order chi connectivity index (χ1) is 28.0. The van der Waals surface area contributed by atoms with Crippen LogP contribution < -0.4 is 26.6 Å². The van der Waals surface area contributed by atoms with Gasteiger partial charge in [0, 0.05) is 34.3 Å². The summed E-state index contributed by atoms with van der Waals surface area (Å²) in [6, 6.07) is 10.8. The van der Waals surface area contributed by atoms with Crippen LogP contribution in [0.4, 0.5) is 46.0 Å². The Bertz CT molecular complexity index is 2810. The number of amides is 2. The maximum atomic E-state index is 12.0. The molecular formula is C40H33Cl2N13O3. The average molecular weight is 815 g/mol. The lowest BCUT2D eigenvalue weighted by Gasteiger charge is -2.16. The predicted octanol–water partition coefficient (Wildman–Crippen LogP) is 8.36. The van der Waals surface area contributed by atoms with Gasteiger partial charge in [-0.15, -0.1) is 0 Å². The maximum Gasteiger partial charge on any atom is 0.254 e. The van der Waals surface area contributed by atoms with E-state index in [1.54, 1.807) is 57.7 Å². The highest BCUT2D eigenvalue weighted by Crippen LogP contribution is 2.36. The smallest absolute Gasteiger partial charge is 0.254 e. The van der Waals surface area contributed by atoms with Crippen LogP contribution in [0.3, 0.4) is 0 Å². The molecule has 0 atom stereocenters. The van der Waals surface area contributed by atoms with Crippen molar-refractivity contribution >= 4 is 105 Å². The summed E-state index contributed by atoms with van der Waals surface area (Å²) in [7, 11) is 0. The number of carbonyl (C=O) groups is 3. The van der Waals surface area contributed by atoms with E-state index in [1.807, 2.05) is 13.8 Å². The second-order valence-electron chi connectivity index (χ2n) is 14.0. The van der Waals surface area contributed by atoms with Gasteiger partial charge >= 0.3 is 0 Å². The van der Waals surface area contributed by atoms with Crippen molar-refractivity contribution < 1.29 is 14.4 Å². The van der Waals surface area contributed by atoms with Crippen LogP contribution in [0, 0.1) is 27.0 Å². The number of halogens is 2. The summed E-state index contributed by atoms with van der Waals surface area (Å²) in [4.78, 5) is 51.0. The summed E-state index contributed by atoms with van der Waals surface area (Å²) in [6.45, 7) is 18.1. The second kappa shape index (κ2) is 15.5. The number of hydrogen-bond acceptors (Lipinski definition) is 11. The molecule has 2 aromatic carbocycles. The van der Waals surface area contributed by atoms with Crippen LogP contribution in [0.5, 0.6) is 0 Å². The van der Waals surface area contributed by atoms with Crippen LogP contribution >= 0.6 is 23.2 Å². The first-order valence-corrected chi connectivity index (χ1v) is 19.0. The standard InChI is InChI=1S/C22H18ClN7O2.C18H15ClN6O/c1-11-19(27-17-6-5-15(24-2)9-16(17)23)29-21-13(7-12-8-18(31)28-22(12)32)10-25-30(21)20(11)26-14-3-4-14;1-10-16(23-15-6-5-13(20-2)7-14(15)19)24-18-11(9-26)8-21-25(18)17(10)22-12-3-4-12/h5-7,9-10,14,26H,3-4,8H2,1H3,(H,27,29)(H,28,31,32);5-9,12,22H,3-4H2,1H3,(H,23,24)/b12-7-;. The zero-order valence-electron chi connectivity index (χ0n) is 31.0. The van der Waals surface area contributed by atoms with E-state index in [4.69, 9.17) is 41.3 Å². The SMILES string of the molecule is [C-]#[N+]c1ccc(Nc2nc3c(/C=C4/CC(=O)NC4=O)cnn3c(NC3CC3)c2C)c(Cl)c1.[C-]#[N+]c1ccc(Nc2nc3c(C=O)cnn3c(NC3CC3)c2C)c(Cl)c1. The molecule has 0 bridgehead atoms. The van der Waals surface area contributed by atoms with E-state index in [1.165, 1.54) is 6.20 Å². The summed E-state index contributed by atoms with van der Waals surface area (Å²) in [5.41, 5.74) is 6.33. The Morgan fingerprint density at radius 1 is 0.776 bits per heavy atom. The molecule has 9 rings (SSSR count). The van der Waals surface area contributed by atoms with E-state index >= 15 is 0 Å². The highest BCUT2D eigenvalue weighted by atomic mass is 35.5. The summed E-state index contributed by atoms with van der Waals surface area (Å²) in [5.74, 6) is 2.04. The van der Waals surface area contributed by atoms with Crippen LogP contribution in [0.1, 0.15) is 59.2 Å². The van der Waals surface area contributed by atoms with Gasteiger partial charge in [0.05, 0.1) is 58.9 Å². The molecule has 3 aliphatic rings. The molecule has 1 aliphatic heterocycles. The molecule has 5 heterocycles. The number of anilines is 6. The van der Waals surface area contributed by atoms with Gasteiger partial charge in [-0.3, -0.25) is 19.7 Å². The van der Waals surface area contributed by atoms with Crippen molar-refractivity contribution in [2.45, 2.75) is 58.0 Å². The number of nitrogens with one attached hydrogen (secondary N) is 5. The Labute approximate surface area is 341 Å². The zero-order valence-corrected chi connectivity index (χ0v) is 32.5. The third kappa shape index (κ3) is 7.71. The fraction of sp³-hybridized carbons (Fsp3) is 0.225. The molecule has 18 heteroatoms. The van der Waals surface area contributed by atoms with Crippen molar-refractivity contribution in [3.05, 3.63) is 109 Å². The highest BCUT2D eigenvalue weighted by Gasteiger charge is 2.28. The largest absolute Gasteiger partial charge is 0.367 e. The number of aromatic nitrogens is 6. The molecule has 58 heavy (non-hydrogen) atoms. The van der Waals surface area contributed by atoms with Gasteiger partial charge in [0.2, 0.25) is 5.91 Å². The number of imide groups is 1. The minimum atomic E-state index is -0.400. The van der Waals surface area contributed by atoms with E-state index < -0.39 is 5.91 Å². The normalized spacial score (nSPS) is 15.4. The van der Waals surface area contributed by atoms with Crippen molar-refractivity contribution in [1.29, 1.82) is 0 Å². The Morgan fingerprint density at radius 2 is 1.26 bits per heavy atom. The second-order valence-corrected chi connectivity index (χ2v) is 14.8. The third-order valence-electron chi connectivity index (χ3n) is 9.68. The molecule has 6 aromatic rings. The molecular weight excluding hydrogens is 781 g/mol. The predicted molar refractivity (Wildman–Crippen MR) is 222 cm³/mol. The number of hydrogen-bond donors (Lipinski definition) is 5. The maximum absolute atomic E-state index is 12.0. The number of benzene rings is 2. The van der Waals surface area contributed by atoms with Crippen molar-refractivity contribution in [3.8, 4) is 0 Å². The number of nitrogens with zero attached hydrogens (tertiary/aromatic N) is 8. The molecule has 3 fully saturated rings. The van der Waals surface area contributed by atoms with Gasteiger partial charge in [-0.1, -0.05) is 35.3 Å². The highest BCUT2D eigenvalue weighted by molar-refractivity contribution is 6.34. The van der Waals surface area contributed by atoms with E-state index in [2.05, 4.69) is 51.5 Å². The minimum absolute atomic E-state index is 0.0311.